The molecule has 3 N–H and O–H groups in total. The van der Waals surface area contributed by atoms with Crippen LogP contribution < -0.4 is 15.8 Å². The molecule has 2 rings (SSSR count). The zero-order valence-electron chi connectivity index (χ0n) is 9.01. The topological polar surface area (TPSA) is 86.0 Å². The van der Waals surface area contributed by atoms with Gasteiger partial charge in [0.15, 0.2) is 0 Å². The van der Waals surface area contributed by atoms with Gasteiger partial charge in [0.25, 0.3) is 0 Å². The van der Waals surface area contributed by atoms with Gasteiger partial charge in [-0.15, -0.1) is 0 Å². The second-order valence-electron chi connectivity index (χ2n) is 3.14. The number of hydrogen-bond donors (Lipinski definition) is 2. The molecule has 0 saturated heterocycles. The van der Waals surface area contributed by atoms with Gasteiger partial charge in [-0.05, 0) is 40.8 Å². The Morgan fingerprint density at radius 2 is 2.12 bits per heavy atom. The van der Waals surface area contributed by atoms with Crippen LogP contribution in [0.2, 0.25) is 0 Å². The summed E-state index contributed by atoms with van der Waals surface area (Å²) in [6, 6.07) is 7.99. The Labute approximate surface area is 112 Å². The van der Waals surface area contributed by atoms with Crippen molar-refractivity contribution in [2.24, 2.45) is 0 Å². The molecule has 2 aromatic rings. The molecule has 1 aromatic heterocycles. The molecule has 0 atom stereocenters. The van der Waals surface area contributed by atoms with Gasteiger partial charge in [-0.3, -0.25) is 0 Å². The summed E-state index contributed by atoms with van der Waals surface area (Å²) >= 11 is 2.23. The number of nitrogen functional groups attached to an aromatic ring is 1. The Bertz CT molecular complexity index is 534. The van der Waals surface area contributed by atoms with Crippen LogP contribution in [0.4, 0.5) is 17.6 Å². The molecule has 0 aliphatic carbocycles. The van der Waals surface area contributed by atoms with Crippen LogP contribution >= 0.6 is 22.6 Å². The zero-order chi connectivity index (χ0) is 12.3. The summed E-state index contributed by atoms with van der Waals surface area (Å²) in [5.41, 5.74) is 6.41. The van der Waals surface area contributed by atoms with E-state index in [4.69, 9.17) is 10.5 Å². The predicted molar refractivity (Wildman–Crippen MR) is 73.2 cm³/mol. The number of methoxy groups -OCH3 is 1. The molecular formula is C10H10IN5O. The number of rotatable bonds is 3. The van der Waals surface area contributed by atoms with Crippen LogP contribution in [-0.4, -0.2) is 22.1 Å². The van der Waals surface area contributed by atoms with Crippen LogP contribution in [0.3, 0.4) is 0 Å². The van der Waals surface area contributed by atoms with Gasteiger partial charge in [-0.1, -0.05) is 6.07 Å². The first-order valence-corrected chi connectivity index (χ1v) is 5.83. The van der Waals surface area contributed by atoms with E-state index >= 15 is 0 Å². The van der Waals surface area contributed by atoms with E-state index in [0.717, 1.165) is 9.26 Å². The van der Waals surface area contributed by atoms with Gasteiger partial charge < -0.3 is 15.8 Å². The molecule has 1 heterocycles. The van der Waals surface area contributed by atoms with Crippen molar-refractivity contribution in [3.05, 3.63) is 27.8 Å². The van der Waals surface area contributed by atoms with E-state index in [1.54, 1.807) is 0 Å². The molecule has 0 amide bonds. The van der Waals surface area contributed by atoms with Crippen molar-refractivity contribution in [2.75, 3.05) is 18.2 Å². The van der Waals surface area contributed by atoms with Crippen molar-refractivity contribution in [3.63, 3.8) is 0 Å². The van der Waals surface area contributed by atoms with Crippen molar-refractivity contribution < 1.29 is 4.74 Å². The number of anilines is 3. The molecule has 88 valence electrons. The second-order valence-corrected chi connectivity index (χ2v) is 4.38. The molecular weight excluding hydrogens is 333 g/mol. The third-order valence-electron chi connectivity index (χ3n) is 1.90. The average Bonchev–Trinajstić information content (AvgIpc) is 2.28. The lowest BCUT2D eigenvalue weighted by molar-refractivity contribution is 0.380. The standard InChI is InChI=1S/C10H10IN5O/c1-17-10-15-8(12)14-9(16-10)13-7-4-2-3-6(11)5-7/h2-5H,1H3,(H3,12,13,14,15,16). The van der Waals surface area contributed by atoms with Crippen molar-refractivity contribution in [1.82, 2.24) is 15.0 Å². The number of aromatic nitrogens is 3. The second kappa shape index (κ2) is 5.13. The summed E-state index contributed by atoms with van der Waals surface area (Å²) in [6.45, 7) is 0. The first-order chi connectivity index (χ1) is 8.17. The van der Waals surface area contributed by atoms with Crippen LogP contribution in [0, 0.1) is 3.57 Å². The summed E-state index contributed by atoms with van der Waals surface area (Å²) in [7, 11) is 1.48. The van der Waals surface area contributed by atoms with Gasteiger partial charge in [0, 0.05) is 9.26 Å². The Morgan fingerprint density at radius 1 is 1.29 bits per heavy atom. The van der Waals surface area contributed by atoms with E-state index in [9.17, 15) is 0 Å². The normalized spacial score (nSPS) is 10.0. The maximum absolute atomic E-state index is 5.53. The molecule has 0 saturated carbocycles. The maximum atomic E-state index is 5.53. The van der Waals surface area contributed by atoms with Gasteiger partial charge in [0.1, 0.15) is 0 Å². The van der Waals surface area contributed by atoms with Crippen molar-refractivity contribution in [2.45, 2.75) is 0 Å². The Morgan fingerprint density at radius 3 is 2.82 bits per heavy atom. The van der Waals surface area contributed by atoms with E-state index in [0.29, 0.717) is 5.95 Å². The largest absolute Gasteiger partial charge is 0.467 e. The highest BCUT2D eigenvalue weighted by atomic mass is 127. The minimum atomic E-state index is 0.116. The summed E-state index contributed by atoms with van der Waals surface area (Å²) in [6.07, 6.45) is 0. The lowest BCUT2D eigenvalue weighted by Crippen LogP contribution is -2.05. The van der Waals surface area contributed by atoms with E-state index in [1.807, 2.05) is 24.3 Å². The maximum Gasteiger partial charge on any atom is 0.322 e. The smallest absolute Gasteiger partial charge is 0.322 e. The molecule has 0 aliphatic heterocycles. The van der Waals surface area contributed by atoms with Crippen LogP contribution in [0.1, 0.15) is 0 Å². The Balaban J connectivity index is 2.26. The number of nitrogens with zero attached hydrogens (tertiary/aromatic N) is 3. The molecule has 0 aliphatic rings. The fourth-order valence-corrected chi connectivity index (χ4v) is 1.76. The van der Waals surface area contributed by atoms with Gasteiger partial charge in [0.2, 0.25) is 11.9 Å². The minimum absolute atomic E-state index is 0.116. The quantitative estimate of drug-likeness (QED) is 0.827. The van der Waals surface area contributed by atoms with Gasteiger partial charge >= 0.3 is 6.01 Å². The molecule has 0 radical (unpaired) electrons. The van der Waals surface area contributed by atoms with Crippen LogP contribution in [-0.2, 0) is 0 Å². The predicted octanol–water partition coefficient (Wildman–Crippen LogP) is 1.81. The van der Waals surface area contributed by atoms with Gasteiger partial charge in [-0.2, -0.15) is 15.0 Å². The number of benzene rings is 1. The number of nitrogens with one attached hydrogen (secondary N) is 1. The van der Waals surface area contributed by atoms with Crippen molar-refractivity contribution in [1.29, 1.82) is 0 Å². The molecule has 7 heteroatoms. The molecule has 0 bridgehead atoms. The molecule has 0 unspecified atom stereocenters. The van der Waals surface area contributed by atoms with Crippen LogP contribution in [0.25, 0.3) is 0 Å². The van der Waals surface area contributed by atoms with E-state index < -0.39 is 0 Å². The SMILES string of the molecule is COc1nc(N)nc(Nc2cccc(I)c2)n1. The van der Waals surface area contributed by atoms with Crippen molar-refractivity contribution in [3.8, 4) is 6.01 Å². The molecule has 17 heavy (non-hydrogen) atoms. The van der Waals surface area contributed by atoms with E-state index in [2.05, 4.69) is 42.9 Å². The third-order valence-corrected chi connectivity index (χ3v) is 2.57. The lowest BCUT2D eigenvalue weighted by atomic mass is 10.3. The molecule has 0 spiro atoms. The average molecular weight is 343 g/mol. The van der Waals surface area contributed by atoms with Crippen LogP contribution in [0.15, 0.2) is 24.3 Å². The van der Waals surface area contributed by atoms with Crippen molar-refractivity contribution >= 4 is 40.2 Å². The first kappa shape index (κ1) is 11.8. The summed E-state index contributed by atoms with van der Waals surface area (Å²) < 4.78 is 6.03. The number of hydrogen-bond acceptors (Lipinski definition) is 6. The zero-order valence-corrected chi connectivity index (χ0v) is 11.2. The highest BCUT2D eigenvalue weighted by Gasteiger charge is 2.04. The van der Waals surface area contributed by atoms with Crippen LogP contribution in [0.5, 0.6) is 6.01 Å². The lowest BCUT2D eigenvalue weighted by Gasteiger charge is -2.06. The van der Waals surface area contributed by atoms with Gasteiger partial charge in [0.05, 0.1) is 7.11 Å². The fraction of sp³-hybridized carbons (Fsp3) is 0.100. The molecule has 0 fully saturated rings. The summed E-state index contributed by atoms with van der Waals surface area (Å²) in [5.74, 6) is 0.473. The van der Waals surface area contributed by atoms with E-state index in [-0.39, 0.29) is 12.0 Å². The summed E-state index contributed by atoms with van der Waals surface area (Å²) in [4.78, 5) is 11.8. The highest BCUT2D eigenvalue weighted by Crippen LogP contribution is 2.17. The number of halogens is 1. The number of nitrogens with two attached hydrogens (primary N) is 1. The molecule has 6 nitrogen and oxygen atoms in total. The first-order valence-electron chi connectivity index (χ1n) is 4.75. The Hall–Kier alpha value is -1.64. The summed E-state index contributed by atoms with van der Waals surface area (Å²) in [5, 5.41) is 3.03. The third kappa shape index (κ3) is 3.16. The van der Waals surface area contributed by atoms with E-state index in [1.165, 1.54) is 7.11 Å². The van der Waals surface area contributed by atoms with Gasteiger partial charge in [-0.25, -0.2) is 0 Å². The monoisotopic (exact) mass is 343 g/mol. The molecule has 1 aromatic carbocycles. The minimum Gasteiger partial charge on any atom is -0.467 e. The number of ether oxygens (including phenoxy) is 1. The fourth-order valence-electron chi connectivity index (χ4n) is 1.21. The highest BCUT2D eigenvalue weighted by molar-refractivity contribution is 14.1. The Kier molecular flexibility index (Phi) is 3.57.